The molecule has 2 aliphatic rings. The third kappa shape index (κ3) is 5.65. The summed E-state index contributed by atoms with van der Waals surface area (Å²) in [5, 5.41) is 14.0. The highest BCUT2D eigenvalue weighted by atomic mass is 35.5. The van der Waals surface area contributed by atoms with Crippen molar-refractivity contribution >= 4 is 23.2 Å². The predicted octanol–water partition coefficient (Wildman–Crippen LogP) is 3.71. The fourth-order valence-corrected chi connectivity index (χ4v) is 4.65. The van der Waals surface area contributed by atoms with Crippen LogP contribution in [-0.4, -0.2) is 55.0 Å². The van der Waals surface area contributed by atoms with Crippen LogP contribution in [0.1, 0.15) is 19.8 Å². The first-order valence-electron chi connectivity index (χ1n) is 11.7. The van der Waals surface area contributed by atoms with Crippen LogP contribution in [0.25, 0.3) is 0 Å². The molecule has 0 bridgehead atoms. The molecule has 0 aromatic heterocycles. The van der Waals surface area contributed by atoms with E-state index in [1.807, 2.05) is 12.1 Å². The Balaban J connectivity index is 1.53. The van der Waals surface area contributed by atoms with Gasteiger partial charge in [0.25, 0.3) is 5.91 Å². The number of amides is 1. The first-order valence-corrected chi connectivity index (χ1v) is 12.1. The number of allylic oxidation sites excluding steroid dienone is 1. The van der Waals surface area contributed by atoms with E-state index in [4.69, 9.17) is 26.8 Å². The van der Waals surface area contributed by atoms with Gasteiger partial charge in [-0.1, -0.05) is 11.6 Å². The van der Waals surface area contributed by atoms with Gasteiger partial charge >= 0.3 is 0 Å². The summed E-state index contributed by atoms with van der Waals surface area (Å²) in [6.45, 7) is 3.22. The molecule has 10 heteroatoms. The van der Waals surface area contributed by atoms with Crippen molar-refractivity contribution in [1.29, 1.82) is 0 Å². The lowest BCUT2D eigenvalue weighted by molar-refractivity contribution is -0.115. The summed E-state index contributed by atoms with van der Waals surface area (Å²) in [5.74, 6) is -0.588. The highest BCUT2D eigenvalue weighted by Crippen LogP contribution is 2.32. The number of carbonyl (C=O) groups excluding carboxylic acids is 1. The standard InChI is InChI=1S/C26H30ClFN4O4/c1-16-15-32(22-8-5-18(28)13-23(22)33)25(34)24(30-16)21(14-29)26(35-2)31-11-9-20(10-12-31)36-19-6-3-17(27)4-7-19/h3-8,13,15,20,26,30,33H,9-12,14,29H2,1-2H3/b24-21+. The molecule has 1 unspecified atom stereocenters. The van der Waals surface area contributed by atoms with Crippen LogP contribution >= 0.6 is 11.6 Å². The molecule has 2 aromatic carbocycles. The number of anilines is 1. The Bertz CT molecular complexity index is 1160. The molecule has 0 aliphatic carbocycles. The van der Waals surface area contributed by atoms with Crippen LogP contribution in [0, 0.1) is 5.82 Å². The van der Waals surface area contributed by atoms with Crippen LogP contribution in [0.2, 0.25) is 5.02 Å². The second-order valence-corrected chi connectivity index (χ2v) is 9.18. The van der Waals surface area contributed by atoms with E-state index in [0.29, 0.717) is 29.4 Å². The normalized spacial score (nSPS) is 19.5. The molecule has 1 saturated heterocycles. The van der Waals surface area contributed by atoms with E-state index in [1.54, 1.807) is 32.4 Å². The SMILES string of the molecule is COC(/C(CN)=C1/NC(C)=CN(c2ccc(F)cc2O)C1=O)N1CCC(Oc2ccc(Cl)cc2)CC1. The van der Waals surface area contributed by atoms with Crippen molar-refractivity contribution in [2.45, 2.75) is 32.1 Å². The van der Waals surface area contributed by atoms with Gasteiger partial charge in [0, 0.05) is 55.3 Å². The number of nitrogens with two attached hydrogens (primary N) is 1. The summed E-state index contributed by atoms with van der Waals surface area (Å²) in [6, 6.07) is 10.8. The molecule has 2 aliphatic heterocycles. The van der Waals surface area contributed by atoms with Gasteiger partial charge in [-0.15, -0.1) is 0 Å². The molecule has 36 heavy (non-hydrogen) atoms. The summed E-state index contributed by atoms with van der Waals surface area (Å²) in [5.41, 5.74) is 7.82. The zero-order valence-corrected chi connectivity index (χ0v) is 21.0. The average molecular weight is 517 g/mol. The van der Waals surface area contributed by atoms with Crippen LogP contribution < -0.4 is 20.7 Å². The molecule has 2 heterocycles. The number of piperidine rings is 1. The number of ether oxygens (including phenoxy) is 2. The predicted molar refractivity (Wildman–Crippen MR) is 136 cm³/mol. The van der Waals surface area contributed by atoms with Gasteiger partial charge in [0.15, 0.2) is 0 Å². The molecule has 1 amide bonds. The third-order valence-corrected chi connectivity index (χ3v) is 6.51. The van der Waals surface area contributed by atoms with Gasteiger partial charge in [-0.25, -0.2) is 4.39 Å². The number of likely N-dealkylation sites (tertiary alicyclic amines) is 1. The van der Waals surface area contributed by atoms with Crippen molar-refractivity contribution in [2.75, 3.05) is 31.6 Å². The Hall–Kier alpha value is -3.11. The van der Waals surface area contributed by atoms with E-state index in [9.17, 15) is 14.3 Å². The van der Waals surface area contributed by atoms with E-state index in [2.05, 4.69) is 10.2 Å². The molecule has 0 radical (unpaired) electrons. The van der Waals surface area contributed by atoms with Gasteiger partial charge in [0.05, 0.1) is 5.69 Å². The molecule has 0 spiro atoms. The highest BCUT2D eigenvalue weighted by Gasteiger charge is 2.34. The second kappa shape index (κ2) is 11.3. The minimum absolute atomic E-state index is 0.0467. The summed E-state index contributed by atoms with van der Waals surface area (Å²) in [7, 11) is 1.58. The summed E-state index contributed by atoms with van der Waals surface area (Å²) in [4.78, 5) is 16.9. The molecular formula is C26H30ClFN4O4. The van der Waals surface area contributed by atoms with Gasteiger partial charge in [0.2, 0.25) is 0 Å². The minimum Gasteiger partial charge on any atom is -0.506 e. The number of nitrogens with zero attached hydrogens (tertiary/aromatic N) is 2. The fraction of sp³-hybridized carbons (Fsp3) is 0.346. The van der Waals surface area contributed by atoms with E-state index >= 15 is 0 Å². The lowest BCUT2D eigenvalue weighted by atomic mass is 10.0. The van der Waals surface area contributed by atoms with E-state index in [0.717, 1.165) is 24.7 Å². The third-order valence-electron chi connectivity index (χ3n) is 6.26. The zero-order valence-electron chi connectivity index (χ0n) is 20.2. The zero-order chi connectivity index (χ0) is 25.8. The molecule has 8 nitrogen and oxygen atoms in total. The minimum atomic E-state index is -0.596. The molecule has 4 rings (SSSR count). The maximum absolute atomic E-state index is 13.5. The second-order valence-electron chi connectivity index (χ2n) is 8.74. The fourth-order valence-electron chi connectivity index (χ4n) is 4.52. The first kappa shape index (κ1) is 26.0. The number of halogens is 2. The number of phenols is 1. The van der Waals surface area contributed by atoms with Crippen LogP contribution in [-0.2, 0) is 9.53 Å². The van der Waals surface area contributed by atoms with Gasteiger partial charge in [0.1, 0.15) is 35.3 Å². The number of hydrogen-bond acceptors (Lipinski definition) is 7. The van der Waals surface area contributed by atoms with E-state index < -0.39 is 18.0 Å². The Morgan fingerprint density at radius 1 is 1.25 bits per heavy atom. The Labute approximate surface area is 214 Å². The molecular weight excluding hydrogens is 487 g/mol. The number of methoxy groups -OCH3 is 1. The van der Waals surface area contributed by atoms with Gasteiger partial charge in [-0.05, 0) is 56.2 Å². The first-order chi connectivity index (χ1) is 17.3. The average Bonchev–Trinajstić information content (AvgIpc) is 2.86. The van der Waals surface area contributed by atoms with E-state index in [1.165, 1.54) is 17.0 Å². The quantitative estimate of drug-likeness (QED) is 0.482. The number of rotatable bonds is 7. The van der Waals surface area contributed by atoms with Crippen LogP contribution in [0.4, 0.5) is 10.1 Å². The molecule has 4 N–H and O–H groups in total. The van der Waals surface area contributed by atoms with Crippen molar-refractivity contribution < 1.29 is 23.8 Å². The van der Waals surface area contributed by atoms with Crippen LogP contribution in [0.15, 0.2) is 65.6 Å². The highest BCUT2D eigenvalue weighted by molar-refractivity contribution is 6.30. The summed E-state index contributed by atoms with van der Waals surface area (Å²) >= 11 is 5.96. The summed E-state index contributed by atoms with van der Waals surface area (Å²) in [6.07, 6.45) is 2.60. The molecule has 0 saturated carbocycles. The number of hydrogen-bond donors (Lipinski definition) is 3. The Kier molecular flexibility index (Phi) is 8.15. The van der Waals surface area contributed by atoms with Crippen molar-refractivity contribution in [2.24, 2.45) is 5.73 Å². The van der Waals surface area contributed by atoms with Crippen molar-refractivity contribution in [3.63, 3.8) is 0 Å². The number of carbonyl (C=O) groups is 1. The molecule has 2 aromatic rings. The van der Waals surface area contributed by atoms with Gasteiger partial charge in [-0.2, -0.15) is 0 Å². The maximum atomic E-state index is 13.5. The largest absolute Gasteiger partial charge is 0.506 e. The molecule has 1 fully saturated rings. The van der Waals surface area contributed by atoms with Crippen molar-refractivity contribution in [3.05, 3.63) is 76.5 Å². The van der Waals surface area contributed by atoms with Crippen LogP contribution in [0.3, 0.4) is 0 Å². The molecule has 192 valence electrons. The smallest absolute Gasteiger partial charge is 0.279 e. The Morgan fingerprint density at radius 3 is 2.56 bits per heavy atom. The maximum Gasteiger partial charge on any atom is 0.279 e. The van der Waals surface area contributed by atoms with Crippen LogP contribution in [0.5, 0.6) is 11.5 Å². The number of benzene rings is 2. The van der Waals surface area contributed by atoms with Crippen molar-refractivity contribution in [1.82, 2.24) is 10.2 Å². The van der Waals surface area contributed by atoms with Crippen molar-refractivity contribution in [3.8, 4) is 11.5 Å². The topological polar surface area (TPSA) is 100 Å². The van der Waals surface area contributed by atoms with E-state index in [-0.39, 0.29) is 29.8 Å². The lowest BCUT2D eigenvalue weighted by Crippen LogP contribution is -2.49. The summed E-state index contributed by atoms with van der Waals surface area (Å²) < 4.78 is 25.4. The number of aromatic hydroxyl groups is 1. The van der Waals surface area contributed by atoms with Gasteiger partial charge in [-0.3, -0.25) is 14.6 Å². The lowest BCUT2D eigenvalue weighted by Gasteiger charge is -2.39. The van der Waals surface area contributed by atoms with Gasteiger partial charge < -0.3 is 25.6 Å². The monoisotopic (exact) mass is 516 g/mol. The Morgan fingerprint density at radius 2 is 1.94 bits per heavy atom. The molecule has 1 atom stereocenters. The number of phenolic OH excluding ortho intramolecular Hbond substituents is 1. The number of nitrogens with one attached hydrogen (secondary N) is 1.